The standard InChI is InChI=1S/C16H23NO/c1-13-5-4-8-15(9-13)10-16(18)12-17-11-14-6-2-3-7-14/h4-5,8-9,14,17H,2-3,6-7,10-12H2,1H3. The Hall–Kier alpha value is -1.15. The van der Waals surface area contributed by atoms with Crippen LogP contribution in [-0.4, -0.2) is 18.9 Å². The maximum Gasteiger partial charge on any atom is 0.150 e. The Labute approximate surface area is 110 Å². The molecule has 2 rings (SSSR count). The molecular weight excluding hydrogens is 222 g/mol. The van der Waals surface area contributed by atoms with Gasteiger partial charge in [-0.1, -0.05) is 42.7 Å². The Morgan fingerprint density at radius 3 is 2.83 bits per heavy atom. The van der Waals surface area contributed by atoms with Crippen LogP contribution in [0.2, 0.25) is 0 Å². The molecule has 0 amide bonds. The van der Waals surface area contributed by atoms with Crippen LogP contribution in [0.4, 0.5) is 0 Å². The number of nitrogens with one attached hydrogen (secondary N) is 1. The molecule has 0 heterocycles. The minimum atomic E-state index is 0.290. The van der Waals surface area contributed by atoms with E-state index in [1.807, 2.05) is 12.1 Å². The normalized spacial score (nSPS) is 16.1. The molecule has 1 aromatic carbocycles. The molecule has 0 aromatic heterocycles. The van der Waals surface area contributed by atoms with E-state index in [0.717, 1.165) is 18.0 Å². The third-order valence-electron chi connectivity index (χ3n) is 3.71. The number of hydrogen-bond donors (Lipinski definition) is 1. The van der Waals surface area contributed by atoms with Crippen molar-refractivity contribution < 1.29 is 4.79 Å². The molecule has 0 atom stereocenters. The van der Waals surface area contributed by atoms with Crippen molar-refractivity contribution in [3.8, 4) is 0 Å². The van der Waals surface area contributed by atoms with Gasteiger partial charge in [0, 0.05) is 6.42 Å². The SMILES string of the molecule is Cc1cccc(CC(=O)CNCC2CCCC2)c1. The van der Waals surface area contributed by atoms with Gasteiger partial charge in [-0.25, -0.2) is 0 Å². The fourth-order valence-corrected chi connectivity index (χ4v) is 2.74. The van der Waals surface area contributed by atoms with Crippen LogP contribution in [0.25, 0.3) is 0 Å². The van der Waals surface area contributed by atoms with Gasteiger partial charge in [-0.05, 0) is 37.8 Å². The zero-order valence-corrected chi connectivity index (χ0v) is 11.2. The molecule has 1 N–H and O–H groups in total. The summed E-state index contributed by atoms with van der Waals surface area (Å²) in [6, 6.07) is 8.20. The van der Waals surface area contributed by atoms with Crippen LogP contribution in [0.1, 0.15) is 36.8 Å². The number of benzene rings is 1. The summed E-state index contributed by atoms with van der Waals surface area (Å²) in [4.78, 5) is 11.8. The first-order valence-corrected chi connectivity index (χ1v) is 7.02. The van der Waals surface area contributed by atoms with Crippen molar-refractivity contribution in [2.45, 2.75) is 39.0 Å². The summed E-state index contributed by atoms with van der Waals surface area (Å²) in [7, 11) is 0. The van der Waals surface area contributed by atoms with E-state index < -0.39 is 0 Å². The van der Waals surface area contributed by atoms with Gasteiger partial charge in [-0.2, -0.15) is 0 Å². The second kappa shape index (κ2) is 6.69. The summed E-state index contributed by atoms with van der Waals surface area (Å²) >= 11 is 0. The quantitative estimate of drug-likeness (QED) is 0.835. The van der Waals surface area contributed by atoms with Crippen molar-refractivity contribution in [3.63, 3.8) is 0 Å². The van der Waals surface area contributed by atoms with Gasteiger partial charge in [0.2, 0.25) is 0 Å². The third kappa shape index (κ3) is 4.26. The monoisotopic (exact) mass is 245 g/mol. The van der Waals surface area contributed by atoms with E-state index in [1.54, 1.807) is 0 Å². The van der Waals surface area contributed by atoms with Crippen LogP contribution in [0.5, 0.6) is 0 Å². The summed E-state index contributed by atoms with van der Waals surface area (Å²) in [5, 5.41) is 3.31. The number of rotatable bonds is 6. The van der Waals surface area contributed by atoms with Gasteiger partial charge in [-0.3, -0.25) is 4.79 Å². The van der Waals surface area contributed by atoms with Gasteiger partial charge in [-0.15, -0.1) is 0 Å². The minimum absolute atomic E-state index is 0.290. The van der Waals surface area contributed by atoms with E-state index in [4.69, 9.17) is 0 Å². The van der Waals surface area contributed by atoms with E-state index in [-0.39, 0.29) is 0 Å². The summed E-state index contributed by atoms with van der Waals surface area (Å²) in [5.74, 6) is 1.09. The predicted molar refractivity (Wildman–Crippen MR) is 74.7 cm³/mol. The molecule has 0 unspecified atom stereocenters. The summed E-state index contributed by atoms with van der Waals surface area (Å²) in [6.07, 6.45) is 5.95. The van der Waals surface area contributed by atoms with Gasteiger partial charge in [0.05, 0.1) is 6.54 Å². The number of aryl methyl sites for hydroxylation is 1. The van der Waals surface area contributed by atoms with Crippen LogP contribution in [0.15, 0.2) is 24.3 Å². The van der Waals surface area contributed by atoms with E-state index in [1.165, 1.54) is 31.2 Å². The van der Waals surface area contributed by atoms with Gasteiger partial charge in [0.1, 0.15) is 0 Å². The Balaban J connectivity index is 1.68. The first-order valence-electron chi connectivity index (χ1n) is 7.02. The Morgan fingerprint density at radius 2 is 2.11 bits per heavy atom. The lowest BCUT2D eigenvalue weighted by atomic mass is 10.1. The Bertz CT molecular complexity index is 394. The lowest BCUT2D eigenvalue weighted by molar-refractivity contribution is -0.117. The summed E-state index contributed by atoms with van der Waals surface area (Å²) in [6.45, 7) is 3.59. The van der Waals surface area contributed by atoms with Crippen molar-refractivity contribution in [1.29, 1.82) is 0 Å². The van der Waals surface area contributed by atoms with Crippen LogP contribution in [-0.2, 0) is 11.2 Å². The second-order valence-corrected chi connectivity index (χ2v) is 5.49. The van der Waals surface area contributed by atoms with E-state index >= 15 is 0 Å². The first kappa shape index (κ1) is 13.3. The maximum absolute atomic E-state index is 11.8. The molecule has 1 aromatic rings. The van der Waals surface area contributed by atoms with Gasteiger partial charge >= 0.3 is 0 Å². The maximum atomic E-state index is 11.8. The zero-order valence-electron chi connectivity index (χ0n) is 11.2. The number of carbonyl (C=O) groups is 1. The van der Waals surface area contributed by atoms with Gasteiger partial charge in [0.25, 0.3) is 0 Å². The average Bonchev–Trinajstić information content (AvgIpc) is 2.82. The van der Waals surface area contributed by atoms with Crippen LogP contribution < -0.4 is 5.32 Å². The fraction of sp³-hybridized carbons (Fsp3) is 0.562. The number of carbonyl (C=O) groups excluding carboxylic acids is 1. The molecule has 1 aliphatic carbocycles. The highest BCUT2D eigenvalue weighted by Crippen LogP contribution is 2.23. The molecule has 0 saturated heterocycles. The molecule has 1 fully saturated rings. The molecule has 2 nitrogen and oxygen atoms in total. The molecular formula is C16H23NO. The largest absolute Gasteiger partial charge is 0.310 e. The smallest absolute Gasteiger partial charge is 0.150 e. The summed E-state index contributed by atoms with van der Waals surface area (Å²) in [5.41, 5.74) is 2.35. The average molecular weight is 245 g/mol. The van der Waals surface area contributed by atoms with Crippen molar-refractivity contribution in [3.05, 3.63) is 35.4 Å². The molecule has 1 saturated carbocycles. The molecule has 1 aliphatic rings. The highest BCUT2D eigenvalue weighted by atomic mass is 16.1. The molecule has 98 valence electrons. The van der Waals surface area contributed by atoms with Gasteiger partial charge in [0.15, 0.2) is 5.78 Å². The molecule has 2 heteroatoms. The van der Waals surface area contributed by atoms with Crippen LogP contribution in [0, 0.1) is 12.8 Å². The minimum Gasteiger partial charge on any atom is -0.310 e. The van der Waals surface area contributed by atoms with Crippen molar-refractivity contribution in [2.75, 3.05) is 13.1 Å². The van der Waals surface area contributed by atoms with Crippen molar-refractivity contribution in [1.82, 2.24) is 5.32 Å². The highest BCUT2D eigenvalue weighted by molar-refractivity contribution is 5.82. The van der Waals surface area contributed by atoms with E-state index in [9.17, 15) is 4.79 Å². The molecule has 0 radical (unpaired) electrons. The number of ketones is 1. The zero-order chi connectivity index (χ0) is 12.8. The van der Waals surface area contributed by atoms with Crippen molar-refractivity contribution >= 4 is 5.78 Å². The van der Waals surface area contributed by atoms with E-state index in [0.29, 0.717) is 18.7 Å². The molecule has 0 spiro atoms. The first-order chi connectivity index (χ1) is 8.74. The lowest BCUT2D eigenvalue weighted by Gasteiger charge is -2.10. The lowest BCUT2D eigenvalue weighted by Crippen LogP contribution is -2.28. The third-order valence-corrected chi connectivity index (χ3v) is 3.71. The van der Waals surface area contributed by atoms with Gasteiger partial charge < -0.3 is 5.32 Å². The summed E-state index contributed by atoms with van der Waals surface area (Å²) < 4.78 is 0. The topological polar surface area (TPSA) is 29.1 Å². The van der Waals surface area contributed by atoms with Crippen LogP contribution in [0.3, 0.4) is 0 Å². The molecule has 18 heavy (non-hydrogen) atoms. The molecule has 0 bridgehead atoms. The van der Waals surface area contributed by atoms with E-state index in [2.05, 4.69) is 24.4 Å². The molecule has 0 aliphatic heterocycles. The van der Waals surface area contributed by atoms with Crippen molar-refractivity contribution in [2.24, 2.45) is 5.92 Å². The number of hydrogen-bond acceptors (Lipinski definition) is 2. The Kier molecular flexibility index (Phi) is 4.94. The van der Waals surface area contributed by atoms with Crippen LogP contribution >= 0.6 is 0 Å². The second-order valence-electron chi connectivity index (χ2n) is 5.49. The Morgan fingerprint density at radius 1 is 1.33 bits per heavy atom. The fourth-order valence-electron chi connectivity index (χ4n) is 2.74. The predicted octanol–water partition coefficient (Wildman–Crippen LogP) is 2.89. The number of Topliss-reactive ketones (excluding diaryl/α,β-unsaturated/α-hetero) is 1. The highest BCUT2D eigenvalue weighted by Gasteiger charge is 2.14.